The van der Waals surface area contributed by atoms with Gasteiger partial charge in [-0.05, 0) is 56.5 Å². The number of nitrogens with zero attached hydrogens (tertiary/aromatic N) is 3. The van der Waals surface area contributed by atoms with E-state index in [2.05, 4.69) is 41.8 Å². The van der Waals surface area contributed by atoms with Crippen LogP contribution in [0.1, 0.15) is 34.4 Å². The maximum Gasteiger partial charge on any atom is 0.433 e. The highest BCUT2D eigenvalue weighted by Gasteiger charge is 2.33. The second kappa shape index (κ2) is 6.66. The van der Waals surface area contributed by atoms with Crippen LogP contribution in [0.3, 0.4) is 0 Å². The standard InChI is InChI=1S/C16H10Br2F3N3O2/c1-2-10-12(13(25)7-5-8(17)14(26)9(18)6-7)24-4-3-11(16(19,20)21)23-15(24)22-10/h3-6,26H,2H2,1H3. The highest BCUT2D eigenvalue weighted by atomic mass is 79.9. The smallest absolute Gasteiger partial charge is 0.433 e. The van der Waals surface area contributed by atoms with Crippen molar-refractivity contribution in [3.63, 3.8) is 0 Å². The Morgan fingerprint density at radius 2 is 1.85 bits per heavy atom. The molecule has 0 aliphatic rings. The van der Waals surface area contributed by atoms with Gasteiger partial charge in [-0.2, -0.15) is 13.2 Å². The Labute approximate surface area is 162 Å². The van der Waals surface area contributed by atoms with Gasteiger partial charge in [-0.3, -0.25) is 9.20 Å². The van der Waals surface area contributed by atoms with Crippen LogP contribution in [0.25, 0.3) is 5.78 Å². The lowest BCUT2D eigenvalue weighted by Crippen LogP contribution is -2.11. The van der Waals surface area contributed by atoms with Crippen molar-refractivity contribution in [1.82, 2.24) is 14.4 Å². The van der Waals surface area contributed by atoms with Crippen molar-refractivity contribution in [3.05, 3.63) is 56.0 Å². The van der Waals surface area contributed by atoms with Gasteiger partial charge in [0.15, 0.2) is 0 Å². The first-order chi connectivity index (χ1) is 12.1. The molecule has 3 aromatic rings. The Hall–Kier alpha value is -1.94. The molecule has 26 heavy (non-hydrogen) atoms. The van der Waals surface area contributed by atoms with E-state index in [1.165, 1.54) is 16.5 Å². The number of halogens is 5. The highest BCUT2D eigenvalue weighted by molar-refractivity contribution is 9.11. The number of phenols is 1. The number of fused-ring (bicyclic) bond motifs is 1. The fourth-order valence-corrected chi connectivity index (χ4v) is 3.64. The summed E-state index contributed by atoms with van der Waals surface area (Å²) < 4.78 is 40.4. The number of aryl methyl sites for hydroxylation is 1. The molecular weight excluding hydrogens is 483 g/mol. The number of alkyl halides is 3. The van der Waals surface area contributed by atoms with E-state index in [-0.39, 0.29) is 22.8 Å². The van der Waals surface area contributed by atoms with Crippen LogP contribution < -0.4 is 0 Å². The third-order valence-corrected chi connectivity index (χ3v) is 4.90. The molecule has 0 atom stereocenters. The Kier molecular flexibility index (Phi) is 4.82. The maximum atomic E-state index is 13.0. The number of hydrogen-bond donors (Lipinski definition) is 1. The van der Waals surface area contributed by atoms with Gasteiger partial charge < -0.3 is 5.11 Å². The number of ketones is 1. The summed E-state index contributed by atoms with van der Waals surface area (Å²) in [6.07, 6.45) is -3.13. The van der Waals surface area contributed by atoms with Gasteiger partial charge in [-0.25, -0.2) is 9.97 Å². The molecule has 2 heterocycles. The molecule has 0 unspecified atom stereocenters. The second-order valence-corrected chi connectivity index (χ2v) is 7.07. The molecule has 136 valence electrons. The number of imidazole rings is 1. The van der Waals surface area contributed by atoms with Crippen molar-refractivity contribution < 1.29 is 23.1 Å². The molecule has 0 saturated heterocycles. The number of carbonyl (C=O) groups excluding carboxylic acids is 1. The quantitative estimate of drug-likeness (QED) is 0.535. The zero-order valence-corrected chi connectivity index (χ0v) is 16.3. The van der Waals surface area contributed by atoms with Crippen LogP contribution in [0.2, 0.25) is 0 Å². The average Bonchev–Trinajstić information content (AvgIpc) is 2.95. The lowest BCUT2D eigenvalue weighted by molar-refractivity contribution is -0.141. The van der Waals surface area contributed by atoms with Gasteiger partial charge in [-0.1, -0.05) is 6.92 Å². The summed E-state index contributed by atoms with van der Waals surface area (Å²) in [6, 6.07) is 3.66. The van der Waals surface area contributed by atoms with Crippen LogP contribution in [-0.2, 0) is 12.6 Å². The fourth-order valence-electron chi connectivity index (χ4n) is 2.45. The van der Waals surface area contributed by atoms with Crippen molar-refractivity contribution in [3.8, 4) is 5.75 Å². The first kappa shape index (κ1) is 18.8. The molecule has 0 radical (unpaired) electrons. The molecule has 0 amide bonds. The summed E-state index contributed by atoms with van der Waals surface area (Å²) in [5.74, 6) is -0.707. The molecule has 0 fully saturated rings. The van der Waals surface area contributed by atoms with Crippen LogP contribution in [0.4, 0.5) is 13.2 Å². The Balaban J connectivity index is 2.19. The van der Waals surface area contributed by atoms with Crippen molar-refractivity contribution in [2.24, 2.45) is 0 Å². The first-order valence-electron chi connectivity index (χ1n) is 7.31. The molecule has 0 aliphatic carbocycles. The molecule has 2 aromatic heterocycles. The summed E-state index contributed by atoms with van der Waals surface area (Å²) in [4.78, 5) is 20.6. The Morgan fingerprint density at radius 3 is 2.38 bits per heavy atom. The van der Waals surface area contributed by atoms with Crippen molar-refractivity contribution in [2.45, 2.75) is 19.5 Å². The van der Waals surface area contributed by atoms with Crippen LogP contribution >= 0.6 is 31.9 Å². The maximum absolute atomic E-state index is 13.0. The summed E-state index contributed by atoms with van der Waals surface area (Å²) in [5.41, 5.74) is -0.375. The van der Waals surface area contributed by atoms with Gasteiger partial charge in [0, 0.05) is 11.8 Å². The fraction of sp³-hybridized carbons (Fsp3) is 0.188. The molecule has 0 aliphatic heterocycles. The average molecular weight is 493 g/mol. The van der Waals surface area contributed by atoms with Crippen LogP contribution in [0, 0.1) is 0 Å². The van der Waals surface area contributed by atoms with E-state index in [0.29, 0.717) is 21.1 Å². The molecule has 3 rings (SSSR count). The Morgan fingerprint density at radius 1 is 1.23 bits per heavy atom. The molecule has 1 aromatic carbocycles. The van der Waals surface area contributed by atoms with Crippen LogP contribution in [0.5, 0.6) is 5.75 Å². The molecule has 0 spiro atoms. The largest absolute Gasteiger partial charge is 0.506 e. The number of benzene rings is 1. The SMILES string of the molecule is CCc1nc2nc(C(F)(F)F)ccn2c1C(=O)c1cc(Br)c(O)c(Br)c1. The summed E-state index contributed by atoms with van der Waals surface area (Å²) in [7, 11) is 0. The second-order valence-electron chi connectivity index (χ2n) is 5.36. The van der Waals surface area contributed by atoms with Gasteiger partial charge >= 0.3 is 6.18 Å². The summed E-state index contributed by atoms with van der Waals surface area (Å²) >= 11 is 6.31. The van der Waals surface area contributed by atoms with Crippen LogP contribution in [-0.4, -0.2) is 25.3 Å². The summed E-state index contributed by atoms with van der Waals surface area (Å²) in [5, 5.41) is 9.78. The third kappa shape index (κ3) is 3.23. The molecular formula is C16H10Br2F3N3O2. The minimum atomic E-state index is -4.60. The first-order valence-corrected chi connectivity index (χ1v) is 8.90. The van der Waals surface area contributed by atoms with Gasteiger partial charge in [-0.15, -0.1) is 0 Å². The predicted molar refractivity (Wildman–Crippen MR) is 94.3 cm³/mol. The topological polar surface area (TPSA) is 67.5 Å². The van der Waals surface area contributed by atoms with Crippen molar-refractivity contribution in [1.29, 1.82) is 0 Å². The molecule has 10 heteroatoms. The van der Waals surface area contributed by atoms with E-state index in [9.17, 15) is 23.1 Å². The number of phenolic OH excluding ortho intramolecular Hbond substituents is 1. The van der Waals surface area contributed by atoms with Gasteiger partial charge in [0.25, 0.3) is 0 Å². The minimum absolute atomic E-state index is 0.0631. The number of aromatic hydroxyl groups is 1. The zero-order valence-electron chi connectivity index (χ0n) is 13.1. The normalized spacial score (nSPS) is 11.9. The van der Waals surface area contributed by atoms with E-state index >= 15 is 0 Å². The number of aromatic nitrogens is 3. The predicted octanol–water partition coefficient (Wildman–Crippen LogP) is 4.77. The lowest BCUT2D eigenvalue weighted by Gasteiger charge is -2.08. The van der Waals surface area contributed by atoms with E-state index in [1.54, 1.807) is 6.92 Å². The number of carbonyl (C=O) groups is 1. The monoisotopic (exact) mass is 491 g/mol. The van der Waals surface area contributed by atoms with Crippen molar-refractivity contribution in [2.75, 3.05) is 0 Å². The van der Waals surface area contributed by atoms with E-state index in [0.717, 1.165) is 12.3 Å². The van der Waals surface area contributed by atoms with E-state index in [1.807, 2.05) is 0 Å². The molecule has 0 saturated carbocycles. The number of hydrogen-bond acceptors (Lipinski definition) is 4. The van der Waals surface area contributed by atoms with E-state index in [4.69, 9.17) is 0 Å². The highest BCUT2D eigenvalue weighted by Crippen LogP contribution is 2.34. The van der Waals surface area contributed by atoms with Gasteiger partial charge in [0.2, 0.25) is 11.6 Å². The molecule has 5 nitrogen and oxygen atoms in total. The Bertz CT molecular complexity index is 1010. The van der Waals surface area contributed by atoms with E-state index < -0.39 is 17.7 Å². The summed E-state index contributed by atoms with van der Waals surface area (Å²) in [6.45, 7) is 1.74. The third-order valence-electron chi connectivity index (χ3n) is 3.69. The minimum Gasteiger partial charge on any atom is -0.506 e. The number of rotatable bonds is 3. The molecule has 0 bridgehead atoms. The van der Waals surface area contributed by atoms with Gasteiger partial charge in [0.1, 0.15) is 17.1 Å². The molecule has 1 N–H and O–H groups in total. The van der Waals surface area contributed by atoms with Crippen molar-refractivity contribution >= 4 is 43.4 Å². The van der Waals surface area contributed by atoms with Gasteiger partial charge in [0.05, 0.1) is 14.6 Å². The van der Waals surface area contributed by atoms with Crippen LogP contribution in [0.15, 0.2) is 33.3 Å². The lowest BCUT2D eigenvalue weighted by atomic mass is 10.1. The zero-order chi connectivity index (χ0) is 19.2.